The van der Waals surface area contributed by atoms with E-state index in [1.54, 1.807) is 6.92 Å². The normalized spacial score (nSPS) is 20.8. The molecule has 0 radical (unpaired) electrons. The molecule has 1 amide bonds. The molecule has 8 heteroatoms. The molecule has 1 fully saturated rings. The van der Waals surface area contributed by atoms with E-state index in [2.05, 4.69) is 0 Å². The third kappa shape index (κ3) is 2.47. The molecule has 3 rings (SSSR count). The molecule has 1 N–H and O–H groups in total. The van der Waals surface area contributed by atoms with Crippen molar-refractivity contribution in [2.75, 3.05) is 13.1 Å². The van der Waals surface area contributed by atoms with Crippen molar-refractivity contribution in [3.05, 3.63) is 34.6 Å². The standard InChI is InChI=1S/C18H18F3NO4/c1-9-4-5-10(2)13-12(9)11(3)14(26-13)15(23)22-7-6-17(8-22,16(24)25)18(19,20)21/h4-5H,6-8H2,1-3H3,(H,24,25). The fraction of sp³-hybridized carbons (Fsp3) is 0.444. The molecule has 1 atom stereocenters. The highest BCUT2D eigenvalue weighted by Gasteiger charge is 2.64. The number of carbonyl (C=O) groups is 2. The summed E-state index contributed by atoms with van der Waals surface area (Å²) in [5.74, 6) is -2.72. The summed E-state index contributed by atoms with van der Waals surface area (Å²) in [6.45, 7) is 4.13. The van der Waals surface area contributed by atoms with Crippen molar-refractivity contribution in [3.8, 4) is 0 Å². The molecule has 1 aliphatic heterocycles. The third-order valence-corrected chi connectivity index (χ3v) is 5.19. The molecule has 0 saturated carbocycles. The number of fused-ring (bicyclic) bond motifs is 1. The minimum atomic E-state index is -4.94. The lowest BCUT2D eigenvalue weighted by molar-refractivity contribution is -0.227. The van der Waals surface area contributed by atoms with Crippen molar-refractivity contribution in [3.63, 3.8) is 0 Å². The second-order valence-electron chi connectivity index (χ2n) is 6.82. The molecular weight excluding hydrogens is 351 g/mol. The molecule has 1 aromatic carbocycles. The molecular formula is C18H18F3NO4. The molecule has 1 unspecified atom stereocenters. The number of alkyl halides is 3. The number of amides is 1. The summed E-state index contributed by atoms with van der Waals surface area (Å²) in [5, 5.41) is 9.89. The zero-order valence-electron chi connectivity index (χ0n) is 14.5. The molecule has 1 aliphatic rings. The van der Waals surface area contributed by atoms with Gasteiger partial charge in [-0.25, -0.2) is 0 Å². The van der Waals surface area contributed by atoms with Crippen LogP contribution in [0.25, 0.3) is 11.0 Å². The fourth-order valence-corrected chi connectivity index (χ4v) is 3.53. The van der Waals surface area contributed by atoms with Gasteiger partial charge in [-0.05, 0) is 38.3 Å². The Morgan fingerprint density at radius 3 is 2.31 bits per heavy atom. The number of carboxylic acid groups (broad SMARTS) is 1. The summed E-state index contributed by atoms with van der Waals surface area (Å²) in [5.41, 5.74) is -0.169. The minimum absolute atomic E-state index is 0.0410. The van der Waals surface area contributed by atoms with Crippen LogP contribution in [0.3, 0.4) is 0 Å². The zero-order chi connectivity index (χ0) is 19.4. The van der Waals surface area contributed by atoms with Gasteiger partial charge in [-0.2, -0.15) is 13.2 Å². The van der Waals surface area contributed by atoms with Gasteiger partial charge in [0, 0.05) is 24.0 Å². The van der Waals surface area contributed by atoms with Gasteiger partial charge in [0.2, 0.25) is 0 Å². The van der Waals surface area contributed by atoms with E-state index in [0.29, 0.717) is 11.1 Å². The molecule has 0 spiro atoms. The average Bonchev–Trinajstić information content (AvgIpc) is 3.13. The molecule has 0 bridgehead atoms. The van der Waals surface area contributed by atoms with Crippen molar-refractivity contribution in [2.24, 2.45) is 5.41 Å². The number of furan rings is 1. The third-order valence-electron chi connectivity index (χ3n) is 5.19. The van der Waals surface area contributed by atoms with Gasteiger partial charge in [0.1, 0.15) is 5.58 Å². The molecule has 26 heavy (non-hydrogen) atoms. The molecule has 0 aliphatic carbocycles. The lowest BCUT2D eigenvalue weighted by atomic mass is 9.86. The van der Waals surface area contributed by atoms with Crippen LogP contribution in [0.5, 0.6) is 0 Å². The van der Waals surface area contributed by atoms with Crippen LogP contribution in [-0.2, 0) is 4.79 Å². The Morgan fingerprint density at radius 1 is 1.19 bits per heavy atom. The predicted molar refractivity (Wildman–Crippen MR) is 87.1 cm³/mol. The van der Waals surface area contributed by atoms with Gasteiger partial charge >= 0.3 is 12.1 Å². The van der Waals surface area contributed by atoms with Gasteiger partial charge in [0.25, 0.3) is 5.91 Å². The Morgan fingerprint density at radius 2 is 1.81 bits per heavy atom. The topological polar surface area (TPSA) is 70.8 Å². The first-order valence-corrected chi connectivity index (χ1v) is 8.08. The van der Waals surface area contributed by atoms with Gasteiger partial charge in [-0.3, -0.25) is 9.59 Å². The van der Waals surface area contributed by atoms with Crippen molar-refractivity contribution in [2.45, 2.75) is 33.4 Å². The molecule has 1 saturated heterocycles. The van der Waals surface area contributed by atoms with E-state index in [1.165, 1.54) is 0 Å². The second-order valence-corrected chi connectivity index (χ2v) is 6.82. The second kappa shape index (κ2) is 5.75. The van der Waals surface area contributed by atoms with E-state index in [4.69, 9.17) is 9.52 Å². The number of aryl methyl sites for hydroxylation is 3. The number of benzene rings is 1. The summed E-state index contributed by atoms with van der Waals surface area (Å²) in [6.07, 6.45) is -5.61. The largest absolute Gasteiger partial charge is 0.481 e. The Bertz CT molecular complexity index is 915. The number of rotatable bonds is 2. The zero-order valence-corrected chi connectivity index (χ0v) is 14.5. The first-order valence-electron chi connectivity index (χ1n) is 8.08. The summed E-state index contributed by atoms with van der Waals surface area (Å²) < 4.78 is 45.6. The summed E-state index contributed by atoms with van der Waals surface area (Å²) in [7, 11) is 0. The predicted octanol–water partition coefficient (Wildman–Crippen LogP) is 3.84. The maximum absolute atomic E-state index is 13.3. The number of nitrogens with zero attached hydrogens (tertiary/aromatic N) is 1. The fourth-order valence-electron chi connectivity index (χ4n) is 3.53. The number of aliphatic carboxylic acids is 1. The van der Waals surface area contributed by atoms with Crippen LogP contribution in [0.4, 0.5) is 13.2 Å². The number of carbonyl (C=O) groups excluding carboxylic acids is 1. The SMILES string of the molecule is Cc1ccc(C)c2c(C)c(C(=O)N3CCC(C(=O)O)(C(F)(F)F)C3)oc12. The van der Waals surface area contributed by atoms with Gasteiger partial charge in [0.05, 0.1) is 0 Å². The van der Waals surface area contributed by atoms with Gasteiger partial charge in [-0.1, -0.05) is 12.1 Å². The van der Waals surface area contributed by atoms with E-state index >= 15 is 0 Å². The van der Waals surface area contributed by atoms with Crippen LogP contribution in [0.1, 0.15) is 33.7 Å². The Labute approximate surface area is 147 Å². The van der Waals surface area contributed by atoms with E-state index in [9.17, 15) is 22.8 Å². The van der Waals surface area contributed by atoms with E-state index in [1.807, 2.05) is 26.0 Å². The van der Waals surface area contributed by atoms with Crippen molar-refractivity contribution >= 4 is 22.8 Å². The highest BCUT2D eigenvalue weighted by molar-refractivity contribution is 6.01. The van der Waals surface area contributed by atoms with Crippen molar-refractivity contribution in [1.29, 1.82) is 0 Å². The maximum atomic E-state index is 13.3. The van der Waals surface area contributed by atoms with E-state index in [-0.39, 0.29) is 12.3 Å². The van der Waals surface area contributed by atoms with Gasteiger partial charge in [0.15, 0.2) is 11.2 Å². The first kappa shape index (κ1) is 18.3. The highest BCUT2D eigenvalue weighted by atomic mass is 19.4. The number of likely N-dealkylation sites (tertiary alicyclic amines) is 1. The molecule has 140 valence electrons. The average molecular weight is 369 g/mol. The van der Waals surface area contributed by atoms with Crippen LogP contribution in [0.2, 0.25) is 0 Å². The van der Waals surface area contributed by atoms with Crippen LogP contribution in [-0.4, -0.2) is 41.1 Å². The van der Waals surface area contributed by atoms with Gasteiger partial charge < -0.3 is 14.4 Å². The van der Waals surface area contributed by atoms with Crippen LogP contribution >= 0.6 is 0 Å². The highest BCUT2D eigenvalue weighted by Crippen LogP contribution is 2.46. The summed E-state index contributed by atoms with van der Waals surface area (Å²) in [6, 6.07) is 3.72. The lowest BCUT2D eigenvalue weighted by Gasteiger charge is -2.27. The number of hydrogen-bond donors (Lipinski definition) is 1. The molecule has 1 aromatic heterocycles. The van der Waals surface area contributed by atoms with Crippen LogP contribution in [0, 0.1) is 26.2 Å². The summed E-state index contributed by atoms with van der Waals surface area (Å²) >= 11 is 0. The van der Waals surface area contributed by atoms with Crippen molar-refractivity contribution < 1.29 is 32.3 Å². The molecule has 2 aromatic rings. The number of halogens is 3. The van der Waals surface area contributed by atoms with Crippen LogP contribution in [0.15, 0.2) is 16.5 Å². The Kier molecular flexibility index (Phi) is 4.05. The Balaban J connectivity index is 2.01. The minimum Gasteiger partial charge on any atom is -0.481 e. The monoisotopic (exact) mass is 369 g/mol. The maximum Gasteiger partial charge on any atom is 0.406 e. The summed E-state index contributed by atoms with van der Waals surface area (Å²) in [4.78, 5) is 25.0. The molecule has 5 nitrogen and oxygen atoms in total. The van der Waals surface area contributed by atoms with Crippen molar-refractivity contribution in [1.82, 2.24) is 4.90 Å². The number of hydrogen-bond acceptors (Lipinski definition) is 3. The quantitative estimate of drug-likeness (QED) is 0.873. The van der Waals surface area contributed by atoms with Gasteiger partial charge in [-0.15, -0.1) is 0 Å². The van der Waals surface area contributed by atoms with E-state index in [0.717, 1.165) is 21.4 Å². The lowest BCUT2D eigenvalue weighted by Crippen LogP contribution is -2.47. The number of carboxylic acids is 1. The smallest absolute Gasteiger partial charge is 0.406 e. The first-order chi connectivity index (χ1) is 12.0. The van der Waals surface area contributed by atoms with E-state index < -0.39 is 36.4 Å². The Hall–Kier alpha value is -2.51. The molecule has 2 heterocycles. The van der Waals surface area contributed by atoms with Crippen LogP contribution < -0.4 is 0 Å².